The van der Waals surface area contributed by atoms with Gasteiger partial charge in [-0.05, 0) is 53.0 Å². The molecule has 6 rings (SSSR count). The molecule has 5 aromatic rings. The van der Waals surface area contributed by atoms with E-state index in [0.29, 0.717) is 49.0 Å². The molecule has 10 nitrogen and oxygen atoms in total. The van der Waals surface area contributed by atoms with Gasteiger partial charge < -0.3 is 4.57 Å². The van der Waals surface area contributed by atoms with E-state index in [2.05, 4.69) is 65.7 Å². The lowest BCUT2D eigenvalue weighted by molar-refractivity contribution is 0.394. The van der Waals surface area contributed by atoms with E-state index < -0.39 is 0 Å². The Morgan fingerprint density at radius 3 is 2.30 bits per heavy atom. The molecule has 0 amide bonds. The summed E-state index contributed by atoms with van der Waals surface area (Å²) in [4.78, 5) is 32.1. The zero-order valence-electron chi connectivity index (χ0n) is 23.4. The molecule has 0 unspecified atom stereocenters. The number of nitrogens with zero attached hydrogens (tertiary/aromatic N) is 7. The third kappa shape index (κ3) is 4.89. The lowest BCUT2D eigenvalue weighted by Gasteiger charge is -2.19. The lowest BCUT2D eigenvalue weighted by atomic mass is 9.92. The second-order valence-electron chi connectivity index (χ2n) is 11.9. The Morgan fingerprint density at radius 1 is 0.950 bits per heavy atom. The second kappa shape index (κ2) is 10.0. The number of H-pyrrole nitrogens is 1. The van der Waals surface area contributed by atoms with Crippen LogP contribution in [0.15, 0.2) is 58.1 Å². The summed E-state index contributed by atoms with van der Waals surface area (Å²) in [5, 5.41) is 14.5. The fourth-order valence-corrected chi connectivity index (χ4v) is 5.30. The molecular formula is C30H34N8O2. The molecular weight excluding hydrogens is 504 g/mol. The van der Waals surface area contributed by atoms with Gasteiger partial charge in [0.05, 0.1) is 0 Å². The van der Waals surface area contributed by atoms with Gasteiger partial charge in [0.1, 0.15) is 5.82 Å². The van der Waals surface area contributed by atoms with Gasteiger partial charge in [-0.3, -0.25) is 13.9 Å². The zero-order chi connectivity index (χ0) is 28.0. The molecule has 0 bridgehead atoms. The van der Waals surface area contributed by atoms with Gasteiger partial charge in [-0.15, -0.1) is 10.2 Å². The van der Waals surface area contributed by atoms with Crippen LogP contribution in [-0.4, -0.2) is 39.3 Å². The first-order chi connectivity index (χ1) is 19.2. The molecule has 1 aliphatic rings. The van der Waals surface area contributed by atoms with E-state index in [0.717, 1.165) is 40.9 Å². The molecule has 3 aromatic heterocycles. The maximum atomic E-state index is 13.8. The Labute approximate surface area is 231 Å². The summed E-state index contributed by atoms with van der Waals surface area (Å²) in [6.07, 6.45) is 2.80. The molecule has 206 valence electrons. The van der Waals surface area contributed by atoms with Gasteiger partial charge in [0, 0.05) is 31.6 Å². The number of hydrogen-bond donors (Lipinski definition) is 1. The van der Waals surface area contributed by atoms with Crippen LogP contribution in [0.3, 0.4) is 0 Å². The smallest absolute Gasteiger partial charge is 0.318 e. The molecule has 1 saturated carbocycles. The maximum Gasteiger partial charge on any atom is 0.332 e. The van der Waals surface area contributed by atoms with Crippen LogP contribution < -0.4 is 11.2 Å². The van der Waals surface area contributed by atoms with Gasteiger partial charge in [-0.25, -0.2) is 9.78 Å². The Kier molecular flexibility index (Phi) is 6.48. The molecule has 1 N–H and O–H groups in total. The number of aromatic amines is 1. The van der Waals surface area contributed by atoms with Crippen molar-refractivity contribution in [2.24, 2.45) is 11.3 Å². The molecule has 0 aliphatic heterocycles. The number of fused-ring (bicyclic) bond motifs is 1. The fraction of sp³-hybridized carbons (Fsp3) is 0.400. The molecule has 10 heteroatoms. The number of aromatic nitrogens is 8. The highest BCUT2D eigenvalue weighted by molar-refractivity contribution is 5.80. The minimum atomic E-state index is -0.261. The Morgan fingerprint density at radius 2 is 1.68 bits per heavy atom. The van der Waals surface area contributed by atoms with Crippen LogP contribution in [0.1, 0.15) is 51.9 Å². The summed E-state index contributed by atoms with van der Waals surface area (Å²) in [5.41, 5.74) is 4.41. The van der Waals surface area contributed by atoms with E-state index in [1.54, 1.807) is 4.57 Å². The van der Waals surface area contributed by atoms with Crippen LogP contribution in [0.4, 0.5) is 0 Å². The van der Waals surface area contributed by atoms with Crippen LogP contribution in [0, 0.1) is 11.3 Å². The van der Waals surface area contributed by atoms with Crippen molar-refractivity contribution in [3.63, 3.8) is 0 Å². The SMILES string of the molecule is CCn1c(=O)n(CC2CC2)c(=O)c2c1nc(CC(C)(C)C)n2Cc1ccc(-c2ccccc2-c2nn[nH]n2)cc1. The third-order valence-electron chi connectivity index (χ3n) is 7.45. The van der Waals surface area contributed by atoms with E-state index in [9.17, 15) is 9.59 Å². The molecule has 1 aliphatic carbocycles. The Balaban J connectivity index is 1.44. The highest BCUT2D eigenvalue weighted by Gasteiger charge is 2.28. The minimum Gasteiger partial charge on any atom is -0.318 e. The average molecular weight is 539 g/mol. The van der Waals surface area contributed by atoms with Gasteiger partial charge in [-0.2, -0.15) is 5.21 Å². The van der Waals surface area contributed by atoms with Crippen molar-refractivity contribution in [2.45, 2.75) is 66.6 Å². The molecule has 3 heterocycles. The number of tetrazole rings is 1. The molecule has 1 fully saturated rings. The normalized spacial score (nSPS) is 13.8. The number of nitrogens with one attached hydrogen (secondary N) is 1. The maximum absolute atomic E-state index is 13.8. The van der Waals surface area contributed by atoms with Gasteiger partial charge in [-0.1, -0.05) is 69.3 Å². The predicted molar refractivity (Wildman–Crippen MR) is 154 cm³/mol. The third-order valence-corrected chi connectivity index (χ3v) is 7.45. The first-order valence-corrected chi connectivity index (χ1v) is 13.9. The summed E-state index contributed by atoms with van der Waals surface area (Å²) in [6, 6.07) is 16.3. The van der Waals surface area contributed by atoms with Crippen molar-refractivity contribution in [3.05, 3.63) is 80.8 Å². The number of rotatable bonds is 8. The summed E-state index contributed by atoms with van der Waals surface area (Å²) in [5.74, 6) is 1.76. The molecule has 0 spiro atoms. The average Bonchev–Trinajstić information content (AvgIpc) is 3.45. The summed E-state index contributed by atoms with van der Waals surface area (Å²) in [7, 11) is 0. The van der Waals surface area contributed by atoms with E-state index in [1.165, 1.54) is 4.57 Å². The highest BCUT2D eigenvalue weighted by Crippen LogP contribution is 2.31. The Bertz CT molecular complexity index is 1780. The highest BCUT2D eigenvalue weighted by atomic mass is 16.2. The zero-order valence-corrected chi connectivity index (χ0v) is 23.4. The quantitative estimate of drug-likeness (QED) is 0.315. The van der Waals surface area contributed by atoms with Crippen molar-refractivity contribution in [1.82, 2.24) is 39.3 Å². The fourth-order valence-electron chi connectivity index (χ4n) is 5.30. The van der Waals surface area contributed by atoms with Gasteiger partial charge in [0.25, 0.3) is 5.56 Å². The summed E-state index contributed by atoms with van der Waals surface area (Å²) < 4.78 is 5.11. The standard InChI is InChI=1S/C30H34N8O2/c1-5-36-27-25(28(39)38(29(36)40)18-19-10-11-19)37(24(31-27)16-30(2,3)4)17-20-12-14-21(15-13-20)22-8-6-7-9-23(22)26-32-34-35-33-26/h6-9,12-15,19H,5,10-11,16-18H2,1-4H3,(H,32,33,34,35). The first kappa shape index (κ1) is 25.9. The number of benzene rings is 2. The van der Waals surface area contributed by atoms with Crippen LogP contribution in [0.2, 0.25) is 0 Å². The van der Waals surface area contributed by atoms with E-state index >= 15 is 0 Å². The largest absolute Gasteiger partial charge is 0.332 e. The van der Waals surface area contributed by atoms with Crippen LogP contribution in [-0.2, 0) is 26.1 Å². The van der Waals surface area contributed by atoms with E-state index in [1.807, 2.05) is 35.8 Å². The first-order valence-electron chi connectivity index (χ1n) is 13.9. The van der Waals surface area contributed by atoms with Crippen molar-refractivity contribution >= 4 is 11.2 Å². The summed E-state index contributed by atoms with van der Waals surface area (Å²) >= 11 is 0. The van der Waals surface area contributed by atoms with Gasteiger partial charge >= 0.3 is 5.69 Å². The number of aryl methyl sites for hydroxylation is 1. The van der Waals surface area contributed by atoms with Gasteiger partial charge in [0.15, 0.2) is 11.2 Å². The molecule has 0 saturated heterocycles. The minimum absolute atomic E-state index is 0.0494. The monoisotopic (exact) mass is 538 g/mol. The molecule has 40 heavy (non-hydrogen) atoms. The van der Waals surface area contributed by atoms with Crippen LogP contribution in [0.5, 0.6) is 0 Å². The second-order valence-corrected chi connectivity index (χ2v) is 11.9. The van der Waals surface area contributed by atoms with Gasteiger partial charge in [0.2, 0.25) is 5.82 Å². The topological polar surface area (TPSA) is 116 Å². The van der Waals surface area contributed by atoms with E-state index in [-0.39, 0.29) is 16.7 Å². The number of imidazole rings is 1. The molecule has 0 atom stereocenters. The van der Waals surface area contributed by atoms with Crippen molar-refractivity contribution in [2.75, 3.05) is 0 Å². The van der Waals surface area contributed by atoms with Crippen molar-refractivity contribution in [3.8, 4) is 22.5 Å². The van der Waals surface area contributed by atoms with Crippen molar-refractivity contribution in [1.29, 1.82) is 0 Å². The van der Waals surface area contributed by atoms with E-state index in [4.69, 9.17) is 4.98 Å². The predicted octanol–water partition coefficient (Wildman–Crippen LogP) is 4.27. The molecule has 2 aromatic carbocycles. The van der Waals surface area contributed by atoms with Crippen LogP contribution >= 0.6 is 0 Å². The summed E-state index contributed by atoms with van der Waals surface area (Å²) in [6.45, 7) is 9.82. The Hall–Kier alpha value is -4.34. The lowest BCUT2D eigenvalue weighted by Crippen LogP contribution is -2.41. The van der Waals surface area contributed by atoms with Crippen molar-refractivity contribution < 1.29 is 0 Å². The number of hydrogen-bond acceptors (Lipinski definition) is 6. The van der Waals surface area contributed by atoms with Crippen LogP contribution in [0.25, 0.3) is 33.7 Å². The molecule has 0 radical (unpaired) electrons.